The first-order chi connectivity index (χ1) is 16.1. The predicted octanol–water partition coefficient (Wildman–Crippen LogP) is 4.87. The number of hydrogen-bond acceptors (Lipinski definition) is 6. The predicted molar refractivity (Wildman–Crippen MR) is 129 cm³/mol. The fraction of sp³-hybridized carbons (Fsp3) is 0.259. The lowest BCUT2D eigenvalue weighted by Gasteiger charge is -2.26. The number of aromatic nitrogens is 2. The van der Waals surface area contributed by atoms with Crippen LogP contribution in [0.3, 0.4) is 0 Å². The van der Waals surface area contributed by atoms with E-state index in [1.54, 1.807) is 50.4 Å². The molecule has 34 heavy (non-hydrogen) atoms. The number of anilines is 1. The van der Waals surface area contributed by atoms with E-state index in [0.29, 0.717) is 22.6 Å². The molecule has 0 saturated heterocycles. The molecule has 1 unspecified atom stereocenters. The van der Waals surface area contributed by atoms with Gasteiger partial charge in [-0.1, -0.05) is 45.0 Å². The zero-order valence-corrected chi connectivity index (χ0v) is 19.9. The molecule has 1 aliphatic rings. The quantitative estimate of drug-likeness (QED) is 0.549. The number of aliphatic hydroxyl groups excluding tert-OH is 1. The molecule has 0 radical (unpaired) electrons. The second-order valence-corrected chi connectivity index (χ2v) is 9.30. The highest BCUT2D eigenvalue weighted by Gasteiger charge is 2.45. The Morgan fingerprint density at radius 1 is 0.971 bits per heavy atom. The van der Waals surface area contributed by atoms with Crippen molar-refractivity contribution in [1.29, 1.82) is 0 Å². The number of aliphatic hydroxyl groups is 1. The molecule has 2 heterocycles. The molecule has 1 N–H and O–H groups in total. The molecular weight excluding hydrogens is 430 g/mol. The number of ketones is 1. The van der Waals surface area contributed by atoms with Crippen LogP contribution in [0.5, 0.6) is 5.75 Å². The molecule has 0 fully saturated rings. The number of methoxy groups -OCH3 is 1. The first-order valence-electron chi connectivity index (χ1n) is 11.0. The molecule has 7 nitrogen and oxygen atoms in total. The van der Waals surface area contributed by atoms with Crippen LogP contribution in [0.15, 0.2) is 72.0 Å². The van der Waals surface area contributed by atoms with Crippen LogP contribution in [0.4, 0.5) is 5.82 Å². The summed E-state index contributed by atoms with van der Waals surface area (Å²) in [5, 5.41) is 19.1. The lowest BCUT2D eigenvalue weighted by atomic mass is 9.85. The number of ether oxygens (including phenoxy) is 1. The molecule has 2 aromatic carbocycles. The molecule has 174 valence electrons. The van der Waals surface area contributed by atoms with Crippen LogP contribution in [0.25, 0.3) is 0 Å². The zero-order chi connectivity index (χ0) is 24.6. The third kappa shape index (κ3) is 4.17. The van der Waals surface area contributed by atoms with Gasteiger partial charge in [0.15, 0.2) is 17.4 Å². The average molecular weight is 458 g/mol. The van der Waals surface area contributed by atoms with Crippen molar-refractivity contribution in [1.82, 2.24) is 10.2 Å². The number of carbonyl (C=O) groups is 2. The fourth-order valence-corrected chi connectivity index (χ4v) is 3.97. The number of carbonyl (C=O) groups excluding carboxylic acids is 2. The summed E-state index contributed by atoms with van der Waals surface area (Å²) < 4.78 is 5.18. The zero-order valence-electron chi connectivity index (χ0n) is 19.9. The van der Waals surface area contributed by atoms with E-state index in [9.17, 15) is 14.7 Å². The highest BCUT2D eigenvalue weighted by molar-refractivity contribution is 6.20. The number of aryl methyl sites for hydroxylation is 1. The fourth-order valence-electron chi connectivity index (χ4n) is 3.97. The Morgan fingerprint density at radius 3 is 2.15 bits per heavy atom. The van der Waals surface area contributed by atoms with E-state index in [2.05, 4.69) is 31.0 Å². The standard InChI is InChI=1S/C27H27N3O4/c1-16-6-15-21(29-28-16)30-23(17-7-11-19(12-8-17)27(2,3)4)22(25(32)26(30)33)24(31)18-9-13-20(34-5)14-10-18/h6-15,23,32H,1-5H3. The van der Waals surface area contributed by atoms with E-state index in [4.69, 9.17) is 4.74 Å². The van der Waals surface area contributed by atoms with Gasteiger partial charge in [0.05, 0.1) is 24.4 Å². The Hall–Kier alpha value is -4.00. The van der Waals surface area contributed by atoms with Crippen LogP contribution in [0.1, 0.15) is 54.0 Å². The monoisotopic (exact) mass is 457 g/mol. The average Bonchev–Trinajstić information content (AvgIpc) is 3.09. The summed E-state index contributed by atoms with van der Waals surface area (Å²) in [4.78, 5) is 28.1. The van der Waals surface area contributed by atoms with Gasteiger partial charge in [-0.05, 0) is 59.9 Å². The minimum absolute atomic E-state index is 0.000973. The maximum absolute atomic E-state index is 13.6. The largest absolute Gasteiger partial charge is 0.503 e. The second-order valence-electron chi connectivity index (χ2n) is 9.30. The lowest BCUT2D eigenvalue weighted by Crippen LogP contribution is -2.32. The number of hydrogen-bond donors (Lipinski definition) is 1. The molecule has 4 rings (SSSR count). The summed E-state index contributed by atoms with van der Waals surface area (Å²) in [6, 6.07) is 16.8. The van der Waals surface area contributed by atoms with Crippen molar-refractivity contribution in [2.45, 2.75) is 39.2 Å². The number of Topliss-reactive ketones (excluding diaryl/α,β-unsaturated/α-hetero) is 1. The van der Waals surface area contributed by atoms with Crippen LogP contribution < -0.4 is 9.64 Å². The first-order valence-corrected chi connectivity index (χ1v) is 11.0. The Kier molecular flexibility index (Phi) is 5.96. The summed E-state index contributed by atoms with van der Waals surface area (Å²) in [5.41, 5.74) is 2.76. The normalized spacial score (nSPS) is 16.2. The Morgan fingerprint density at radius 2 is 1.62 bits per heavy atom. The molecule has 1 aromatic heterocycles. The Bertz CT molecular complexity index is 1260. The third-order valence-electron chi connectivity index (χ3n) is 5.93. The lowest BCUT2D eigenvalue weighted by molar-refractivity contribution is -0.117. The molecular formula is C27H27N3O4. The van der Waals surface area contributed by atoms with Crippen LogP contribution in [-0.4, -0.2) is 34.1 Å². The van der Waals surface area contributed by atoms with Crippen molar-refractivity contribution in [3.63, 3.8) is 0 Å². The van der Waals surface area contributed by atoms with Crippen LogP contribution in [0, 0.1) is 6.92 Å². The van der Waals surface area contributed by atoms with Crippen molar-refractivity contribution in [2.24, 2.45) is 0 Å². The summed E-state index contributed by atoms with van der Waals surface area (Å²) in [5.74, 6) is -0.873. The van der Waals surface area contributed by atoms with Crippen molar-refractivity contribution in [2.75, 3.05) is 12.0 Å². The molecule has 0 saturated carbocycles. The van der Waals surface area contributed by atoms with E-state index in [-0.39, 0.29) is 16.8 Å². The van der Waals surface area contributed by atoms with Gasteiger partial charge < -0.3 is 9.84 Å². The van der Waals surface area contributed by atoms with Gasteiger partial charge in [-0.15, -0.1) is 5.10 Å². The van der Waals surface area contributed by atoms with Crippen molar-refractivity contribution in [3.05, 3.63) is 94.4 Å². The summed E-state index contributed by atoms with van der Waals surface area (Å²) in [7, 11) is 1.54. The smallest absolute Gasteiger partial charge is 0.295 e. The number of amides is 1. The van der Waals surface area contributed by atoms with Gasteiger partial charge in [0, 0.05) is 5.56 Å². The minimum Gasteiger partial charge on any atom is -0.503 e. The molecule has 0 aliphatic carbocycles. The topological polar surface area (TPSA) is 92.6 Å². The van der Waals surface area contributed by atoms with Gasteiger partial charge in [0.25, 0.3) is 5.91 Å². The molecule has 1 atom stereocenters. The van der Waals surface area contributed by atoms with Gasteiger partial charge in [0.1, 0.15) is 5.75 Å². The van der Waals surface area contributed by atoms with Gasteiger partial charge in [-0.2, -0.15) is 5.10 Å². The van der Waals surface area contributed by atoms with E-state index in [1.807, 2.05) is 24.3 Å². The first kappa shape index (κ1) is 23.2. The summed E-state index contributed by atoms with van der Waals surface area (Å²) >= 11 is 0. The number of rotatable bonds is 5. The molecule has 3 aromatic rings. The molecule has 7 heteroatoms. The number of nitrogens with zero attached hydrogens (tertiary/aromatic N) is 3. The molecule has 0 spiro atoms. The van der Waals surface area contributed by atoms with E-state index < -0.39 is 23.5 Å². The SMILES string of the molecule is COc1ccc(C(=O)C2=C(O)C(=O)N(c3ccc(C)nn3)C2c2ccc(C(C)(C)C)cc2)cc1. The van der Waals surface area contributed by atoms with Crippen LogP contribution >= 0.6 is 0 Å². The maximum atomic E-state index is 13.6. The van der Waals surface area contributed by atoms with Crippen LogP contribution in [0.2, 0.25) is 0 Å². The third-order valence-corrected chi connectivity index (χ3v) is 5.93. The highest BCUT2D eigenvalue weighted by Crippen LogP contribution is 2.41. The van der Waals surface area contributed by atoms with Gasteiger partial charge in [-0.3, -0.25) is 14.5 Å². The summed E-state index contributed by atoms with van der Waals surface area (Å²) in [6.45, 7) is 8.12. The summed E-state index contributed by atoms with van der Waals surface area (Å²) in [6.07, 6.45) is 0. The van der Waals surface area contributed by atoms with Gasteiger partial charge >= 0.3 is 0 Å². The molecule has 1 amide bonds. The minimum atomic E-state index is -0.854. The maximum Gasteiger partial charge on any atom is 0.295 e. The molecule has 1 aliphatic heterocycles. The van der Waals surface area contributed by atoms with E-state index in [1.165, 1.54) is 4.90 Å². The van der Waals surface area contributed by atoms with E-state index in [0.717, 1.165) is 5.56 Å². The van der Waals surface area contributed by atoms with Gasteiger partial charge in [0.2, 0.25) is 0 Å². The van der Waals surface area contributed by atoms with Crippen LogP contribution in [-0.2, 0) is 10.2 Å². The van der Waals surface area contributed by atoms with Crippen molar-refractivity contribution in [3.8, 4) is 5.75 Å². The van der Waals surface area contributed by atoms with Crippen molar-refractivity contribution < 1.29 is 19.4 Å². The van der Waals surface area contributed by atoms with Gasteiger partial charge in [-0.25, -0.2) is 0 Å². The Labute approximate surface area is 198 Å². The second kappa shape index (κ2) is 8.74. The highest BCUT2D eigenvalue weighted by atomic mass is 16.5. The Balaban J connectivity index is 1.84. The number of benzene rings is 2. The molecule has 0 bridgehead atoms. The van der Waals surface area contributed by atoms with E-state index >= 15 is 0 Å². The van der Waals surface area contributed by atoms with Crippen molar-refractivity contribution >= 4 is 17.5 Å².